The van der Waals surface area contributed by atoms with Gasteiger partial charge in [0.2, 0.25) is 0 Å². The zero-order valence-corrected chi connectivity index (χ0v) is 60.1. The van der Waals surface area contributed by atoms with E-state index in [9.17, 15) is 22.8 Å². The number of nitrogens with two attached hydrogens (primary N) is 1. The van der Waals surface area contributed by atoms with Crippen LogP contribution in [0.15, 0.2) is 108 Å². The first kappa shape index (κ1) is 68.6. The van der Waals surface area contributed by atoms with Gasteiger partial charge in [0.25, 0.3) is 0 Å². The van der Waals surface area contributed by atoms with Gasteiger partial charge in [0.05, 0.1) is 82.2 Å². The van der Waals surface area contributed by atoms with Gasteiger partial charge < -0.3 is 41.0 Å². The first-order valence-electron chi connectivity index (χ1n) is 31.8. The van der Waals surface area contributed by atoms with E-state index in [1.807, 2.05) is 131 Å². The molecule has 3 fully saturated rings. The van der Waals surface area contributed by atoms with Crippen LogP contribution in [0.1, 0.15) is 133 Å². The standard InChI is InChI=1S/C25H27FN4O2S2.C20H19FN4S2.C18H22ClFN2O2S.C7H6N2S/c1-14-16(6-5-9-30(14)24(31)32-25(2,3)4)21-11-17-22(18(26)12-27-23(17)34-21)29-15-7-8-20-19(10-15)28-13-33-20;1-11-13(3-2-6-22-11)18-8-14-19(15(21)9-23-20(14)27-18)25-12-4-5-17-16(7-12)24-10-26-17;1-10-11(6-5-7-22(10)17(23)24-18(2,3)4)14-8-12-15(19)13(20)9-21-16(12)25-14;8-5-1-2-7-6(3-5)9-4-10-7/h7-8,10-14,16H,5-6,9H2,1-4H3,(H,27,29);4-5,7-11,13,22H,2-3,6H2,1H3,(H,23,25);8-11H,5-7H2,1-4H3;1-4H,8H2. The van der Waals surface area contributed by atoms with E-state index in [4.69, 9.17) is 26.8 Å². The molecule has 2 amide bonds. The molecule has 3 aromatic carbocycles. The van der Waals surface area contributed by atoms with Crippen LogP contribution >= 0.6 is 79.6 Å². The minimum atomic E-state index is -0.537. The van der Waals surface area contributed by atoms with Crippen LogP contribution in [0.4, 0.5) is 51.2 Å². The number of hydrogen-bond donors (Lipinski definition) is 4. The number of nitrogens with one attached hydrogen (secondary N) is 3. The van der Waals surface area contributed by atoms with Gasteiger partial charge in [-0.3, -0.25) is 0 Å². The van der Waals surface area contributed by atoms with Gasteiger partial charge in [-0.05, 0) is 180 Å². The zero-order valence-electron chi connectivity index (χ0n) is 54.5. The highest BCUT2D eigenvalue weighted by molar-refractivity contribution is 7.20. The van der Waals surface area contributed by atoms with E-state index >= 15 is 0 Å². The van der Waals surface area contributed by atoms with Crippen LogP contribution in [-0.2, 0) is 9.47 Å². The van der Waals surface area contributed by atoms with Gasteiger partial charge in [-0.1, -0.05) is 11.6 Å². The second-order valence-corrected chi connectivity index (χ2v) is 32.4. The Morgan fingerprint density at radius 2 is 0.958 bits per heavy atom. The van der Waals surface area contributed by atoms with Crippen LogP contribution in [-0.4, -0.2) is 101 Å². The van der Waals surface area contributed by atoms with E-state index in [0.29, 0.717) is 41.8 Å². The highest BCUT2D eigenvalue weighted by Crippen LogP contribution is 2.45. The summed E-state index contributed by atoms with van der Waals surface area (Å²) in [6.07, 6.45) is 9.22. The molecular weight excluding hydrogens is 1360 g/mol. The molecule has 16 nitrogen and oxygen atoms in total. The number of aromatic nitrogens is 6. The number of carbonyl (C=O) groups is 2. The molecule has 12 aromatic rings. The summed E-state index contributed by atoms with van der Waals surface area (Å²) in [5, 5.41) is 12.4. The number of piperidine rings is 3. The van der Waals surface area contributed by atoms with Crippen LogP contribution in [0.3, 0.4) is 0 Å². The molecule has 0 saturated carbocycles. The van der Waals surface area contributed by atoms with Gasteiger partial charge in [-0.15, -0.1) is 68.0 Å². The van der Waals surface area contributed by atoms with Gasteiger partial charge in [-0.25, -0.2) is 52.7 Å². The smallest absolute Gasteiger partial charge is 0.410 e. The number of nitrogen functional groups attached to an aromatic ring is 1. The van der Waals surface area contributed by atoms with Crippen LogP contribution in [0, 0.1) is 17.5 Å². The molecule has 9 aromatic heterocycles. The summed E-state index contributed by atoms with van der Waals surface area (Å²) in [7, 11) is 0. The predicted molar refractivity (Wildman–Crippen MR) is 392 cm³/mol. The van der Waals surface area contributed by atoms with Crippen LogP contribution in [0.2, 0.25) is 5.02 Å². The van der Waals surface area contributed by atoms with Crippen molar-refractivity contribution >= 4 is 182 Å². The third-order valence-corrected chi connectivity index (χ3v) is 23.5. The van der Waals surface area contributed by atoms with Crippen molar-refractivity contribution in [3.8, 4) is 0 Å². The molecule has 15 rings (SSSR count). The number of rotatable bonds is 7. The minimum absolute atomic E-state index is 0.000264. The molecule has 0 radical (unpaired) electrons. The van der Waals surface area contributed by atoms with Crippen molar-refractivity contribution in [1.82, 2.24) is 45.0 Å². The van der Waals surface area contributed by atoms with E-state index in [0.717, 1.165) is 123 Å². The SMILES string of the molecule is CC1C(c2cc3c(Cl)c(F)cnc3s2)CCCN1C(=O)OC(C)(C)C.CC1C(c2cc3c(Nc4ccc5scnc5c4)c(F)cnc3s2)CCCN1C(=O)OC(C)(C)C.CC1NCCCC1c1cc2c(Nc3ccc4scnc4c3)c(F)cnc2s1.Nc1ccc2scnc2c1. The van der Waals surface area contributed by atoms with Crippen LogP contribution < -0.4 is 21.7 Å². The van der Waals surface area contributed by atoms with Gasteiger partial charge in [0.15, 0.2) is 17.5 Å². The quantitative estimate of drug-likeness (QED) is 0.110. The summed E-state index contributed by atoms with van der Waals surface area (Å²) in [5.74, 6) is -0.476. The third-order valence-electron chi connectivity index (χ3n) is 17.2. The fourth-order valence-electron chi connectivity index (χ4n) is 12.4. The van der Waals surface area contributed by atoms with Gasteiger partial charge in [0, 0.05) is 96.8 Å². The summed E-state index contributed by atoms with van der Waals surface area (Å²) >= 11 is 15.6. The molecule has 3 saturated heterocycles. The summed E-state index contributed by atoms with van der Waals surface area (Å²) in [5.41, 5.74) is 16.0. The molecule has 26 heteroatoms. The first-order chi connectivity index (χ1) is 45.9. The van der Waals surface area contributed by atoms with E-state index in [-0.39, 0.29) is 46.9 Å². The van der Waals surface area contributed by atoms with Crippen LogP contribution in [0.5, 0.6) is 0 Å². The van der Waals surface area contributed by atoms with Gasteiger partial charge in [-0.2, -0.15) is 0 Å². The fourth-order valence-corrected chi connectivity index (χ4v) is 18.4. The number of pyridine rings is 3. The molecule has 3 aliphatic heterocycles. The largest absolute Gasteiger partial charge is 0.444 e. The summed E-state index contributed by atoms with van der Waals surface area (Å²) in [6, 6.07) is 24.0. The van der Waals surface area contributed by atoms with Crippen molar-refractivity contribution in [2.45, 2.75) is 148 Å². The van der Waals surface area contributed by atoms with Crippen molar-refractivity contribution < 1.29 is 32.2 Å². The number of thiazole rings is 3. The Bertz CT molecular complexity index is 4770. The molecule has 6 unspecified atom stereocenters. The average molecular weight is 1430 g/mol. The number of benzene rings is 3. The highest BCUT2D eigenvalue weighted by atomic mass is 35.5. The van der Waals surface area contributed by atoms with E-state index in [2.05, 4.69) is 65.8 Å². The number of amides is 2. The Labute approximate surface area is 583 Å². The lowest BCUT2D eigenvalue weighted by Gasteiger charge is -2.39. The Balaban J connectivity index is 0.000000129. The Morgan fingerprint density at radius 1 is 0.552 bits per heavy atom. The Kier molecular flexibility index (Phi) is 20.7. The molecule has 502 valence electrons. The number of fused-ring (bicyclic) bond motifs is 6. The number of thiophene rings is 3. The first-order valence-corrected chi connectivity index (χ1v) is 37.3. The lowest BCUT2D eigenvalue weighted by molar-refractivity contribution is 0.00808. The second kappa shape index (κ2) is 29.0. The van der Waals surface area contributed by atoms with Crippen molar-refractivity contribution in [2.24, 2.45) is 0 Å². The summed E-state index contributed by atoms with van der Waals surface area (Å²) < 4.78 is 57.8. The molecule has 12 heterocycles. The molecule has 0 bridgehead atoms. The van der Waals surface area contributed by atoms with E-state index in [1.165, 1.54) is 39.7 Å². The molecular formula is C70H74ClF3N12O4S6. The topological polar surface area (TPSA) is 199 Å². The average Bonchev–Trinajstić information content (AvgIpc) is 1.63. The normalized spacial score (nSPS) is 19.2. The lowest BCUT2D eigenvalue weighted by Crippen LogP contribution is -2.47. The number of nitrogens with zero attached hydrogens (tertiary/aromatic N) is 8. The molecule has 5 N–H and O–H groups in total. The van der Waals surface area contributed by atoms with Crippen LogP contribution in [0.25, 0.3) is 61.3 Å². The lowest BCUT2D eigenvalue weighted by atomic mass is 9.89. The second-order valence-electron chi connectivity index (χ2n) is 26.2. The van der Waals surface area contributed by atoms with Crippen molar-refractivity contribution in [3.05, 3.63) is 145 Å². The molecule has 96 heavy (non-hydrogen) atoms. The molecule has 0 spiro atoms. The van der Waals surface area contributed by atoms with E-state index < -0.39 is 22.8 Å². The molecule has 6 atom stereocenters. The maximum absolute atomic E-state index is 14.9. The molecule has 0 aliphatic carbocycles. The number of anilines is 5. The number of likely N-dealkylation sites (tertiary alicyclic amines) is 2. The van der Waals surface area contributed by atoms with Gasteiger partial charge >= 0.3 is 12.2 Å². The Morgan fingerprint density at radius 3 is 1.42 bits per heavy atom. The van der Waals surface area contributed by atoms with Crippen molar-refractivity contribution in [3.63, 3.8) is 0 Å². The maximum atomic E-state index is 14.9. The molecule has 3 aliphatic rings. The number of carbonyl (C=O) groups excluding carboxylic acids is 2. The van der Waals surface area contributed by atoms with Crippen molar-refractivity contribution in [2.75, 3.05) is 36.0 Å². The van der Waals surface area contributed by atoms with Gasteiger partial charge in [0.1, 0.15) is 25.7 Å². The minimum Gasteiger partial charge on any atom is -0.444 e. The Hall–Kier alpha value is -7.36. The number of ether oxygens (including phenoxy) is 2. The maximum Gasteiger partial charge on any atom is 0.410 e. The van der Waals surface area contributed by atoms with Crippen molar-refractivity contribution in [1.29, 1.82) is 0 Å². The monoisotopic (exact) mass is 1430 g/mol. The number of hydrogen-bond acceptors (Lipinski definition) is 20. The predicted octanol–water partition coefficient (Wildman–Crippen LogP) is 20.4. The zero-order chi connectivity index (χ0) is 67.7. The number of halogens is 4. The fraction of sp³-hybridized carbons (Fsp3) is 0.371. The summed E-state index contributed by atoms with van der Waals surface area (Å²) in [4.78, 5) is 60.4. The summed E-state index contributed by atoms with van der Waals surface area (Å²) in [6.45, 7) is 20.0. The highest BCUT2D eigenvalue weighted by Gasteiger charge is 2.38. The van der Waals surface area contributed by atoms with E-state index in [1.54, 1.807) is 67.1 Å². The third kappa shape index (κ3) is 15.6.